The molecule has 1 fully saturated rings. The molecule has 1 unspecified atom stereocenters. The van der Waals surface area contributed by atoms with Gasteiger partial charge in [-0.2, -0.15) is 5.26 Å². The van der Waals surface area contributed by atoms with Gasteiger partial charge in [0.05, 0.1) is 10.6 Å². The Morgan fingerprint density at radius 1 is 1.36 bits per heavy atom. The van der Waals surface area contributed by atoms with Crippen LogP contribution in [0.1, 0.15) is 24.1 Å². The van der Waals surface area contributed by atoms with Gasteiger partial charge in [0.2, 0.25) is 0 Å². The van der Waals surface area contributed by atoms with Gasteiger partial charge >= 0.3 is 0 Å². The summed E-state index contributed by atoms with van der Waals surface area (Å²) in [5.74, 6) is 1.59. The number of para-hydroxylation sites is 1. The molecule has 25 heavy (non-hydrogen) atoms. The van der Waals surface area contributed by atoms with Crippen molar-refractivity contribution >= 4 is 21.7 Å². The van der Waals surface area contributed by atoms with Crippen LogP contribution in [0.25, 0.3) is 0 Å². The number of rotatable bonds is 6. The Bertz CT molecular complexity index is 770. The van der Waals surface area contributed by atoms with E-state index in [-0.39, 0.29) is 6.10 Å². The lowest BCUT2D eigenvalue weighted by molar-refractivity contribution is 0.0673. The number of halogens is 1. The highest BCUT2D eigenvalue weighted by molar-refractivity contribution is 9.10. The first-order valence-corrected chi connectivity index (χ1v) is 9.07. The molecule has 1 aromatic heterocycles. The Morgan fingerprint density at radius 3 is 2.96 bits per heavy atom. The van der Waals surface area contributed by atoms with Gasteiger partial charge in [0.15, 0.2) is 0 Å². The fourth-order valence-corrected chi connectivity index (χ4v) is 3.35. The molecule has 5 nitrogen and oxygen atoms in total. The van der Waals surface area contributed by atoms with E-state index in [0.717, 1.165) is 41.1 Å². The number of hydrogen-bond acceptors (Lipinski definition) is 5. The Morgan fingerprint density at radius 2 is 2.20 bits per heavy atom. The zero-order valence-corrected chi connectivity index (χ0v) is 15.7. The lowest BCUT2D eigenvalue weighted by Crippen LogP contribution is -2.20. The van der Waals surface area contributed by atoms with Crippen molar-refractivity contribution in [1.29, 1.82) is 5.26 Å². The zero-order valence-electron chi connectivity index (χ0n) is 14.1. The van der Waals surface area contributed by atoms with Gasteiger partial charge in [-0.25, -0.2) is 4.98 Å². The predicted molar refractivity (Wildman–Crippen MR) is 99.7 cm³/mol. The van der Waals surface area contributed by atoms with Crippen molar-refractivity contribution in [2.75, 3.05) is 25.2 Å². The minimum atomic E-state index is 0.173. The fraction of sp³-hybridized carbons (Fsp3) is 0.368. The summed E-state index contributed by atoms with van der Waals surface area (Å²) in [6, 6.07) is 13.5. The molecular formula is C19H20BrN3O2. The minimum Gasteiger partial charge on any atom is -0.489 e. The van der Waals surface area contributed by atoms with Crippen LogP contribution in [0.4, 0.5) is 5.82 Å². The summed E-state index contributed by atoms with van der Waals surface area (Å²) < 4.78 is 12.6. The summed E-state index contributed by atoms with van der Waals surface area (Å²) in [4.78, 5) is 6.34. The Hall–Kier alpha value is -2.10. The van der Waals surface area contributed by atoms with E-state index < -0.39 is 0 Å². The van der Waals surface area contributed by atoms with Gasteiger partial charge in [-0.1, -0.05) is 18.2 Å². The first-order valence-electron chi connectivity index (χ1n) is 8.27. The van der Waals surface area contributed by atoms with Crippen molar-refractivity contribution in [3.63, 3.8) is 0 Å². The lowest BCUT2D eigenvalue weighted by Gasteiger charge is -2.21. The summed E-state index contributed by atoms with van der Waals surface area (Å²) in [5.41, 5.74) is 1.47. The SMILES string of the molecule is CN(Cc1cccc(Br)c1OCC1CCCO1)c1cccc(C#N)n1. The normalized spacial score (nSPS) is 16.4. The van der Waals surface area contributed by atoms with E-state index in [2.05, 4.69) is 27.0 Å². The second-order valence-electron chi connectivity index (χ2n) is 6.02. The average molecular weight is 402 g/mol. The molecular weight excluding hydrogens is 382 g/mol. The number of nitriles is 1. The molecule has 3 rings (SSSR count). The van der Waals surface area contributed by atoms with Crippen molar-refractivity contribution < 1.29 is 9.47 Å². The van der Waals surface area contributed by atoms with E-state index in [1.54, 1.807) is 6.07 Å². The van der Waals surface area contributed by atoms with Crippen molar-refractivity contribution in [2.24, 2.45) is 0 Å². The van der Waals surface area contributed by atoms with Gasteiger partial charge in [0.1, 0.15) is 29.9 Å². The van der Waals surface area contributed by atoms with Gasteiger partial charge in [-0.15, -0.1) is 0 Å². The molecule has 1 aliphatic rings. The van der Waals surface area contributed by atoms with Crippen molar-refractivity contribution in [2.45, 2.75) is 25.5 Å². The van der Waals surface area contributed by atoms with Crippen molar-refractivity contribution in [1.82, 2.24) is 4.98 Å². The number of nitrogens with zero attached hydrogens (tertiary/aromatic N) is 3. The molecule has 2 aromatic rings. The lowest BCUT2D eigenvalue weighted by atomic mass is 10.2. The maximum absolute atomic E-state index is 9.02. The number of ether oxygens (including phenoxy) is 2. The van der Waals surface area contributed by atoms with Crippen LogP contribution in [-0.4, -0.2) is 31.3 Å². The number of hydrogen-bond donors (Lipinski definition) is 0. The number of pyridine rings is 1. The number of benzene rings is 1. The third-order valence-electron chi connectivity index (χ3n) is 4.13. The molecule has 0 aliphatic carbocycles. The predicted octanol–water partition coefficient (Wildman–Crippen LogP) is 3.91. The molecule has 0 amide bonds. The molecule has 1 aliphatic heterocycles. The molecule has 130 valence electrons. The zero-order chi connectivity index (χ0) is 17.6. The topological polar surface area (TPSA) is 58.4 Å². The standard InChI is InChI=1S/C19H20BrN3O2/c1-23(18-9-3-6-15(11-21)22-18)12-14-5-2-8-17(20)19(14)25-13-16-7-4-10-24-16/h2-3,5-6,8-9,16H,4,7,10,12-13H2,1H3. The summed E-state index contributed by atoms with van der Waals surface area (Å²) in [5, 5.41) is 9.02. The van der Waals surface area contributed by atoms with Crippen LogP contribution < -0.4 is 9.64 Å². The van der Waals surface area contributed by atoms with Crippen LogP contribution in [0.3, 0.4) is 0 Å². The molecule has 0 N–H and O–H groups in total. The van der Waals surface area contributed by atoms with Crippen molar-refractivity contribution in [3.05, 3.63) is 52.1 Å². The maximum Gasteiger partial charge on any atom is 0.142 e. The first kappa shape index (κ1) is 17.7. The third-order valence-corrected chi connectivity index (χ3v) is 4.76. The molecule has 1 aromatic carbocycles. The summed E-state index contributed by atoms with van der Waals surface area (Å²) >= 11 is 3.58. The van der Waals surface area contributed by atoms with E-state index in [4.69, 9.17) is 14.7 Å². The van der Waals surface area contributed by atoms with Crippen molar-refractivity contribution in [3.8, 4) is 11.8 Å². The number of aromatic nitrogens is 1. The average Bonchev–Trinajstić information content (AvgIpc) is 3.15. The van der Waals surface area contributed by atoms with E-state index in [1.807, 2.05) is 42.3 Å². The first-order chi connectivity index (χ1) is 12.2. The number of anilines is 1. The maximum atomic E-state index is 9.02. The molecule has 2 heterocycles. The van der Waals surface area contributed by atoms with Crippen LogP contribution in [0.15, 0.2) is 40.9 Å². The van der Waals surface area contributed by atoms with E-state index in [9.17, 15) is 0 Å². The molecule has 0 bridgehead atoms. The van der Waals surface area contributed by atoms with E-state index in [0.29, 0.717) is 18.8 Å². The second-order valence-corrected chi connectivity index (χ2v) is 6.88. The third kappa shape index (κ3) is 4.50. The van der Waals surface area contributed by atoms with E-state index in [1.165, 1.54) is 0 Å². The fourth-order valence-electron chi connectivity index (χ4n) is 2.83. The smallest absolute Gasteiger partial charge is 0.142 e. The van der Waals surface area contributed by atoms with Crippen LogP contribution in [0.5, 0.6) is 5.75 Å². The van der Waals surface area contributed by atoms with Gasteiger partial charge in [0, 0.05) is 25.8 Å². The monoisotopic (exact) mass is 401 g/mol. The van der Waals surface area contributed by atoms with Crippen LogP contribution in [0.2, 0.25) is 0 Å². The highest BCUT2D eigenvalue weighted by Gasteiger charge is 2.18. The Balaban J connectivity index is 1.74. The van der Waals surface area contributed by atoms with Crippen LogP contribution in [-0.2, 0) is 11.3 Å². The van der Waals surface area contributed by atoms with Gasteiger partial charge in [-0.3, -0.25) is 0 Å². The van der Waals surface area contributed by atoms with Gasteiger partial charge in [-0.05, 0) is 47.0 Å². The summed E-state index contributed by atoms with van der Waals surface area (Å²) in [6.45, 7) is 2.00. The molecule has 0 spiro atoms. The van der Waals surface area contributed by atoms with Gasteiger partial charge in [0.25, 0.3) is 0 Å². The van der Waals surface area contributed by atoms with Crippen LogP contribution >= 0.6 is 15.9 Å². The van der Waals surface area contributed by atoms with Gasteiger partial charge < -0.3 is 14.4 Å². The Labute approximate surface area is 156 Å². The molecule has 1 saturated heterocycles. The molecule has 0 saturated carbocycles. The van der Waals surface area contributed by atoms with Crippen LogP contribution in [0, 0.1) is 11.3 Å². The molecule has 0 radical (unpaired) electrons. The Kier molecular flexibility index (Phi) is 5.90. The second kappa shape index (κ2) is 8.32. The highest BCUT2D eigenvalue weighted by Crippen LogP contribution is 2.31. The molecule has 6 heteroatoms. The molecule has 1 atom stereocenters. The summed E-state index contributed by atoms with van der Waals surface area (Å²) in [7, 11) is 1.95. The quantitative estimate of drug-likeness (QED) is 0.734. The highest BCUT2D eigenvalue weighted by atomic mass is 79.9. The summed E-state index contributed by atoms with van der Waals surface area (Å²) in [6.07, 6.45) is 2.32. The largest absolute Gasteiger partial charge is 0.489 e. The minimum absolute atomic E-state index is 0.173. The van der Waals surface area contributed by atoms with E-state index >= 15 is 0 Å².